The van der Waals surface area contributed by atoms with E-state index in [2.05, 4.69) is 15.3 Å². The Labute approximate surface area is 148 Å². The van der Waals surface area contributed by atoms with Gasteiger partial charge in [-0.15, -0.1) is 0 Å². The van der Waals surface area contributed by atoms with Crippen molar-refractivity contribution in [2.45, 2.75) is 64.0 Å². The van der Waals surface area contributed by atoms with Crippen molar-refractivity contribution in [1.29, 1.82) is 0 Å². The molecule has 1 N–H and O–H groups in total. The summed E-state index contributed by atoms with van der Waals surface area (Å²) in [6.45, 7) is 3.82. The second-order valence-electron chi connectivity index (χ2n) is 7.89. The highest BCUT2D eigenvalue weighted by atomic mass is 16.1. The van der Waals surface area contributed by atoms with Crippen LogP contribution in [0.4, 0.5) is 0 Å². The van der Waals surface area contributed by atoms with Crippen LogP contribution in [0.1, 0.15) is 49.8 Å². The minimum absolute atomic E-state index is 0.0630. The van der Waals surface area contributed by atoms with E-state index >= 15 is 0 Å². The van der Waals surface area contributed by atoms with E-state index in [9.17, 15) is 9.59 Å². The van der Waals surface area contributed by atoms with Crippen molar-refractivity contribution in [3.63, 3.8) is 0 Å². The number of fused-ring (bicyclic) bond motifs is 1. The minimum atomic E-state index is 0.0630. The van der Waals surface area contributed by atoms with Crippen LogP contribution in [0.5, 0.6) is 0 Å². The van der Waals surface area contributed by atoms with Gasteiger partial charge in [0.05, 0.1) is 5.69 Å². The molecule has 4 rings (SSSR count). The molecule has 0 radical (unpaired) electrons. The lowest BCUT2D eigenvalue weighted by Crippen LogP contribution is -2.48. The Morgan fingerprint density at radius 1 is 1.04 bits per heavy atom. The summed E-state index contributed by atoms with van der Waals surface area (Å²) in [5.74, 6) is 0.732. The Kier molecular flexibility index (Phi) is 4.88. The zero-order valence-electron chi connectivity index (χ0n) is 14.9. The first-order valence-corrected chi connectivity index (χ1v) is 9.79. The Bertz CT molecular complexity index is 691. The molecule has 3 aliphatic rings. The third kappa shape index (κ3) is 3.94. The van der Waals surface area contributed by atoms with E-state index in [1.54, 1.807) is 10.7 Å². The Morgan fingerprint density at radius 3 is 2.68 bits per heavy atom. The largest absolute Gasteiger partial charge is 0.352 e. The number of likely N-dealkylation sites (tertiary alicyclic amines) is 1. The van der Waals surface area contributed by atoms with Crippen LogP contribution in [-0.2, 0) is 24.2 Å². The molecular weight excluding hydrogens is 316 g/mol. The first kappa shape index (κ1) is 16.8. The summed E-state index contributed by atoms with van der Waals surface area (Å²) in [6, 6.07) is 2.12. The lowest BCUT2D eigenvalue weighted by molar-refractivity contribution is -0.123. The third-order valence-corrected chi connectivity index (χ3v) is 5.96. The molecule has 2 aliphatic heterocycles. The molecule has 0 aromatic carbocycles. The van der Waals surface area contributed by atoms with Crippen molar-refractivity contribution in [1.82, 2.24) is 20.0 Å². The maximum absolute atomic E-state index is 12.3. The summed E-state index contributed by atoms with van der Waals surface area (Å²) in [4.78, 5) is 26.2. The molecule has 2 fully saturated rings. The van der Waals surface area contributed by atoms with Crippen molar-refractivity contribution in [2.75, 3.05) is 19.6 Å². The molecule has 136 valence electrons. The first-order valence-electron chi connectivity index (χ1n) is 9.79. The summed E-state index contributed by atoms with van der Waals surface area (Å²) >= 11 is 0. The monoisotopic (exact) mass is 344 g/mol. The second-order valence-corrected chi connectivity index (χ2v) is 7.89. The summed E-state index contributed by atoms with van der Waals surface area (Å²) in [5, 5.41) is 7.72. The van der Waals surface area contributed by atoms with Gasteiger partial charge in [0.15, 0.2) is 0 Å². The lowest BCUT2D eigenvalue weighted by Gasteiger charge is -2.35. The number of rotatable bonds is 4. The number of nitrogens with zero attached hydrogens (tertiary/aromatic N) is 3. The molecule has 1 amide bonds. The van der Waals surface area contributed by atoms with Crippen molar-refractivity contribution in [3.8, 4) is 0 Å². The van der Waals surface area contributed by atoms with Crippen LogP contribution in [0.2, 0.25) is 0 Å². The smallest absolute Gasteiger partial charge is 0.267 e. The molecule has 2 saturated heterocycles. The van der Waals surface area contributed by atoms with Gasteiger partial charge in [0.25, 0.3) is 5.56 Å². The van der Waals surface area contributed by atoms with E-state index in [-0.39, 0.29) is 11.5 Å². The van der Waals surface area contributed by atoms with Gasteiger partial charge >= 0.3 is 0 Å². The van der Waals surface area contributed by atoms with Crippen LogP contribution < -0.4 is 10.9 Å². The number of carbonyl (C=O) groups excluding carboxylic acids is 1. The molecular formula is C19H28N4O2. The van der Waals surface area contributed by atoms with Crippen molar-refractivity contribution in [3.05, 3.63) is 27.7 Å². The van der Waals surface area contributed by atoms with E-state index in [0.29, 0.717) is 18.4 Å². The van der Waals surface area contributed by atoms with Gasteiger partial charge in [-0.2, -0.15) is 5.10 Å². The molecule has 0 bridgehead atoms. The number of aromatic nitrogens is 2. The molecule has 1 aromatic rings. The fraction of sp³-hybridized carbons (Fsp3) is 0.737. The molecule has 1 aliphatic carbocycles. The Balaban J connectivity index is 1.29. The predicted octanol–water partition coefficient (Wildman–Crippen LogP) is 1.11. The topological polar surface area (TPSA) is 67.2 Å². The average Bonchev–Trinajstić information content (AvgIpc) is 3.04. The highest BCUT2D eigenvalue weighted by Gasteiger charge is 2.25. The Hall–Kier alpha value is -1.69. The fourth-order valence-electron chi connectivity index (χ4n) is 4.50. The van der Waals surface area contributed by atoms with Crippen LogP contribution in [-0.4, -0.2) is 46.3 Å². The molecule has 6 heteroatoms. The van der Waals surface area contributed by atoms with E-state index in [0.717, 1.165) is 82.4 Å². The molecule has 0 spiro atoms. The number of piperidine rings is 2. The lowest BCUT2D eigenvalue weighted by atomic mass is 9.95. The summed E-state index contributed by atoms with van der Waals surface area (Å²) in [6.07, 6.45) is 8.15. The van der Waals surface area contributed by atoms with Gasteiger partial charge in [0.2, 0.25) is 5.91 Å². The van der Waals surface area contributed by atoms with Gasteiger partial charge in [0.1, 0.15) is 0 Å². The zero-order chi connectivity index (χ0) is 17.2. The molecule has 0 saturated carbocycles. The fourth-order valence-corrected chi connectivity index (χ4v) is 4.50. The standard InChI is InChI=1S/C19H28N4O2/c24-18-6-2-4-16(20-18)13-22-9-7-14(8-10-22)12-23-19(25)11-15-3-1-5-17(15)21-23/h11,14,16H,1-10,12-13H2,(H,20,24). The van der Waals surface area contributed by atoms with Gasteiger partial charge < -0.3 is 10.2 Å². The first-order chi connectivity index (χ1) is 12.2. The average molecular weight is 344 g/mol. The van der Waals surface area contributed by atoms with Crippen LogP contribution in [0.3, 0.4) is 0 Å². The third-order valence-electron chi connectivity index (χ3n) is 5.96. The number of aryl methyl sites for hydroxylation is 2. The quantitative estimate of drug-likeness (QED) is 0.889. The van der Waals surface area contributed by atoms with Crippen LogP contribution >= 0.6 is 0 Å². The molecule has 6 nitrogen and oxygen atoms in total. The van der Waals surface area contributed by atoms with Crippen LogP contribution in [0.15, 0.2) is 10.9 Å². The summed E-state index contributed by atoms with van der Waals surface area (Å²) in [7, 11) is 0. The molecule has 1 unspecified atom stereocenters. The number of hydrogen-bond donors (Lipinski definition) is 1. The summed E-state index contributed by atoms with van der Waals surface area (Å²) in [5.41, 5.74) is 2.35. The van der Waals surface area contributed by atoms with Crippen LogP contribution in [0, 0.1) is 5.92 Å². The van der Waals surface area contributed by atoms with Crippen LogP contribution in [0.25, 0.3) is 0 Å². The SMILES string of the molecule is O=C1CCCC(CN2CCC(Cn3nc4c(cc3=O)CCC4)CC2)N1. The highest BCUT2D eigenvalue weighted by Crippen LogP contribution is 2.21. The van der Waals surface area contributed by atoms with Gasteiger partial charge in [-0.05, 0) is 69.5 Å². The van der Waals surface area contributed by atoms with Crippen molar-refractivity contribution >= 4 is 5.91 Å². The normalized spacial score (nSPS) is 25.0. The van der Waals surface area contributed by atoms with Gasteiger partial charge in [0, 0.05) is 31.6 Å². The molecule has 25 heavy (non-hydrogen) atoms. The van der Waals surface area contributed by atoms with Gasteiger partial charge in [-0.1, -0.05) is 0 Å². The van der Waals surface area contributed by atoms with Crippen molar-refractivity contribution in [2.24, 2.45) is 5.92 Å². The summed E-state index contributed by atoms with van der Waals surface area (Å²) < 4.78 is 1.70. The van der Waals surface area contributed by atoms with E-state index < -0.39 is 0 Å². The van der Waals surface area contributed by atoms with Gasteiger partial charge in [-0.3, -0.25) is 9.59 Å². The minimum Gasteiger partial charge on any atom is -0.352 e. The molecule has 1 atom stereocenters. The van der Waals surface area contributed by atoms with E-state index in [1.165, 1.54) is 0 Å². The Morgan fingerprint density at radius 2 is 1.88 bits per heavy atom. The maximum Gasteiger partial charge on any atom is 0.267 e. The number of amides is 1. The predicted molar refractivity (Wildman–Crippen MR) is 95.5 cm³/mol. The zero-order valence-corrected chi connectivity index (χ0v) is 14.9. The number of nitrogens with one attached hydrogen (secondary N) is 1. The number of carbonyl (C=O) groups is 1. The van der Waals surface area contributed by atoms with Crippen molar-refractivity contribution < 1.29 is 4.79 Å². The molecule has 1 aromatic heterocycles. The second kappa shape index (κ2) is 7.28. The number of hydrogen-bond acceptors (Lipinski definition) is 4. The van der Waals surface area contributed by atoms with E-state index in [4.69, 9.17) is 0 Å². The van der Waals surface area contributed by atoms with Gasteiger partial charge in [-0.25, -0.2) is 4.68 Å². The van der Waals surface area contributed by atoms with E-state index in [1.807, 2.05) is 0 Å². The highest BCUT2D eigenvalue weighted by molar-refractivity contribution is 5.76. The maximum atomic E-state index is 12.3. The molecule has 3 heterocycles.